The van der Waals surface area contributed by atoms with Crippen molar-refractivity contribution < 1.29 is 13.2 Å². The van der Waals surface area contributed by atoms with E-state index in [0.29, 0.717) is 6.61 Å². The Morgan fingerprint density at radius 2 is 2.05 bits per heavy atom. The molecule has 0 bridgehead atoms. The number of hydrogen-bond donors (Lipinski definition) is 1. The highest BCUT2D eigenvalue weighted by Crippen LogP contribution is 2.19. The standard InChI is InChI=1S/C16H25NO3S/c1-3-13-6-8-14(9-7-13)16(17-2)12-21(18,19)11-15-5-4-10-20-15/h6-9,15-17H,3-5,10-12H2,1-2H3. The van der Waals surface area contributed by atoms with Crippen molar-refractivity contribution in [2.75, 3.05) is 25.2 Å². The Kier molecular flexibility index (Phi) is 5.79. The second-order valence-electron chi connectivity index (χ2n) is 5.65. The molecule has 0 aliphatic carbocycles. The summed E-state index contributed by atoms with van der Waals surface area (Å²) < 4.78 is 30.1. The van der Waals surface area contributed by atoms with E-state index in [1.165, 1.54) is 5.56 Å². The lowest BCUT2D eigenvalue weighted by atomic mass is 10.1. The van der Waals surface area contributed by atoms with Gasteiger partial charge in [0.15, 0.2) is 9.84 Å². The first-order valence-electron chi connectivity index (χ1n) is 7.62. The molecule has 118 valence electrons. The maximum Gasteiger partial charge on any atom is 0.154 e. The Morgan fingerprint density at radius 1 is 1.33 bits per heavy atom. The molecular weight excluding hydrogens is 286 g/mol. The summed E-state index contributed by atoms with van der Waals surface area (Å²) in [6.07, 6.45) is 2.69. The van der Waals surface area contributed by atoms with Crippen molar-refractivity contribution >= 4 is 9.84 Å². The van der Waals surface area contributed by atoms with Crippen molar-refractivity contribution in [3.05, 3.63) is 35.4 Å². The number of benzene rings is 1. The number of nitrogens with one attached hydrogen (secondary N) is 1. The van der Waals surface area contributed by atoms with Crippen LogP contribution >= 0.6 is 0 Å². The average molecular weight is 311 g/mol. The van der Waals surface area contributed by atoms with Gasteiger partial charge in [-0.3, -0.25) is 0 Å². The topological polar surface area (TPSA) is 55.4 Å². The Labute approximate surface area is 127 Å². The van der Waals surface area contributed by atoms with Gasteiger partial charge in [0, 0.05) is 12.6 Å². The average Bonchev–Trinajstić information content (AvgIpc) is 2.97. The van der Waals surface area contributed by atoms with E-state index in [2.05, 4.69) is 24.4 Å². The minimum absolute atomic E-state index is 0.116. The molecule has 1 aromatic rings. The minimum atomic E-state index is -3.13. The van der Waals surface area contributed by atoms with Crippen molar-refractivity contribution in [2.45, 2.75) is 38.3 Å². The summed E-state index contributed by atoms with van der Waals surface area (Å²) in [7, 11) is -1.32. The molecule has 1 aliphatic rings. The van der Waals surface area contributed by atoms with E-state index in [4.69, 9.17) is 4.74 Å². The van der Waals surface area contributed by atoms with Crippen LogP contribution in [-0.4, -0.2) is 39.7 Å². The molecule has 1 aromatic carbocycles. The van der Waals surface area contributed by atoms with E-state index in [-0.39, 0.29) is 23.7 Å². The van der Waals surface area contributed by atoms with Gasteiger partial charge in [-0.1, -0.05) is 31.2 Å². The highest BCUT2D eigenvalue weighted by molar-refractivity contribution is 7.91. The zero-order chi connectivity index (χ0) is 15.3. The van der Waals surface area contributed by atoms with Gasteiger partial charge in [0.1, 0.15) is 0 Å². The van der Waals surface area contributed by atoms with E-state index in [1.54, 1.807) is 7.05 Å². The third kappa shape index (κ3) is 4.80. The molecule has 21 heavy (non-hydrogen) atoms. The van der Waals surface area contributed by atoms with Gasteiger partial charge in [0.2, 0.25) is 0 Å². The molecule has 1 fully saturated rings. The fourth-order valence-corrected chi connectivity index (χ4v) is 4.55. The largest absolute Gasteiger partial charge is 0.377 e. The summed E-state index contributed by atoms with van der Waals surface area (Å²) in [6.45, 7) is 2.80. The highest BCUT2D eigenvalue weighted by atomic mass is 32.2. The van der Waals surface area contributed by atoms with Crippen LogP contribution in [0.4, 0.5) is 0 Å². The Balaban J connectivity index is 2.02. The van der Waals surface area contributed by atoms with Crippen molar-refractivity contribution in [2.24, 2.45) is 0 Å². The van der Waals surface area contributed by atoms with Gasteiger partial charge in [0.25, 0.3) is 0 Å². The normalized spacial score (nSPS) is 20.6. The Morgan fingerprint density at radius 3 is 2.57 bits per heavy atom. The van der Waals surface area contributed by atoms with Crippen molar-refractivity contribution in [1.29, 1.82) is 0 Å². The molecule has 1 N–H and O–H groups in total. The summed E-state index contributed by atoms with van der Waals surface area (Å²) in [5.41, 5.74) is 2.28. The van der Waals surface area contributed by atoms with Crippen LogP contribution in [0.15, 0.2) is 24.3 Å². The molecule has 0 saturated carbocycles. The van der Waals surface area contributed by atoms with E-state index in [9.17, 15) is 8.42 Å². The van der Waals surface area contributed by atoms with Crippen molar-refractivity contribution in [3.8, 4) is 0 Å². The van der Waals surface area contributed by atoms with E-state index < -0.39 is 9.84 Å². The second kappa shape index (κ2) is 7.38. The molecule has 0 spiro atoms. The van der Waals surface area contributed by atoms with Gasteiger partial charge in [-0.25, -0.2) is 8.42 Å². The van der Waals surface area contributed by atoms with Gasteiger partial charge in [-0.15, -0.1) is 0 Å². The number of hydrogen-bond acceptors (Lipinski definition) is 4. The molecule has 1 heterocycles. The Bertz CT molecular complexity index is 533. The molecule has 1 aliphatic heterocycles. The molecule has 0 amide bonds. The third-order valence-electron chi connectivity index (χ3n) is 4.02. The fourth-order valence-electron chi connectivity index (χ4n) is 2.71. The molecule has 1 saturated heterocycles. The monoisotopic (exact) mass is 311 g/mol. The molecule has 2 atom stereocenters. The number of rotatable bonds is 7. The van der Waals surface area contributed by atoms with Gasteiger partial charge in [-0.2, -0.15) is 0 Å². The summed E-state index contributed by atoms with van der Waals surface area (Å²) in [5, 5.41) is 3.12. The molecule has 4 nitrogen and oxygen atoms in total. The van der Waals surface area contributed by atoms with Crippen LogP contribution < -0.4 is 5.32 Å². The Hall–Kier alpha value is -0.910. The van der Waals surface area contributed by atoms with Crippen LogP contribution in [0.25, 0.3) is 0 Å². The summed E-state index contributed by atoms with van der Waals surface area (Å²) in [4.78, 5) is 0. The molecule has 0 radical (unpaired) electrons. The maximum absolute atomic E-state index is 12.3. The molecular formula is C16H25NO3S. The van der Waals surface area contributed by atoms with E-state index in [1.807, 2.05) is 12.1 Å². The number of aryl methyl sites for hydroxylation is 1. The molecule has 0 aromatic heterocycles. The van der Waals surface area contributed by atoms with Crippen LogP contribution in [0.3, 0.4) is 0 Å². The summed E-state index contributed by atoms with van der Waals surface area (Å²) in [6, 6.07) is 7.99. The smallest absolute Gasteiger partial charge is 0.154 e. The fraction of sp³-hybridized carbons (Fsp3) is 0.625. The number of ether oxygens (including phenoxy) is 1. The predicted octanol–water partition coefficient (Wildman–Crippen LogP) is 2.10. The van der Waals surface area contributed by atoms with Crippen LogP contribution in [0.1, 0.15) is 36.9 Å². The molecule has 5 heteroatoms. The maximum atomic E-state index is 12.3. The first-order valence-corrected chi connectivity index (χ1v) is 9.44. The van der Waals surface area contributed by atoms with Gasteiger partial charge in [0.05, 0.1) is 17.6 Å². The summed E-state index contributed by atoms with van der Waals surface area (Å²) in [5.74, 6) is 0.257. The molecule has 2 unspecified atom stereocenters. The van der Waals surface area contributed by atoms with Crippen LogP contribution in [0.2, 0.25) is 0 Å². The summed E-state index contributed by atoms with van der Waals surface area (Å²) >= 11 is 0. The van der Waals surface area contributed by atoms with Crippen LogP contribution in [0, 0.1) is 0 Å². The van der Waals surface area contributed by atoms with Gasteiger partial charge in [-0.05, 0) is 37.4 Å². The lowest BCUT2D eigenvalue weighted by Gasteiger charge is -2.18. The highest BCUT2D eigenvalue weighted by Gasteiger charge is 2.26. The predicted molar refractivity (Wildman–Crippen MR) is 85.2 cm³/mol. The van der Waals surface area contributed by atoms with Crippen LogP contribution in [-0.2, 0) is 21.0 Å². The first-order chi connectivity index (χ1) is 10.0. The minimum Gasteiger partial charge on any atom is -0.377 e. The van der Waals surface area contributed by atoms with E-state index >= 15 is 0 Å². The number of sulfone groups is 1. The quantitative estimate of drug-likeness (QED) is 0.838. The zero-order valence-electron chi connectivity index (χ0n) is 12.8. The van der Waals surface area contributed by atoms with Gasteiger partial charge < -0.3 is 10.1 Å². The van der Waals surface area contributed by atoms with E-state index in [0.717, 1.165) is 24.8 Å². The van der Waals surface area contributed by atoms with Crippen molar-refractivity contribution in [3.63, 3.8) is 0 Å². The van der Waals surface area contributed by atoms with Crippen molar-refractivity contribution in [1.82, 2.24) is 5.32 Å². The third-order valence-corrected chi connectivity index (χ3v) is 5.74. The van der Waals surface area contributed by atoms with Crippen LogP contribution in [0.5, 0.6) is 0 Å². The molecule has 2 rings (SSSR count). The zero-order valence-corrected chi connectivity index (χ0v) is 13.7. The lowest BCUT2D eigenvalue weighted by molar-refractivity contribution is 0.127. The lowest BCUT2D eigenvalue weighted by Crippen LogP contribution is -2.30. The SMILES string of the molecule is CCc1ccc(C(CS(=O)(=O)CC2CCCO2)NC)cc1. The second-order valence-corrected chi connectivity index (χ2v) is 7.80. The first kappa shape index (κ1) is 16.5. The van der Waals surface area contributed by atoms with Gasteiger partial charge >= 0.3 is 0 Å².